The Bertz CT molecular complexity index is 1200. The van der Waals surface area contributed by atoms with Crippen molar-refractivity contribution in [3.05, 3.63) is 84.4 Å². The van der Waals surface area contributed by atoms with Crippen molar-refractivity contribution in [3.8, 4) is 16.9 Å². The molecule has 0 radical (unpaired) electrons. The molecule has 6 rings (SSSR count). The van der Waals surface area contributed by atoms with Gasteiger partial charge in [0.25, 0.3) is 0 Å². The Balaban J connectivity index is 1.20. The third-order valence-corrected chi connectivity index (χ3v) is 6.28. The lowest BCUT2D eigenvalue weighted by atomic mass is 9.87. The SMILES string of the molecule is C1=CC2(CCN(c3nc4ccccc4[nH]3)CC2)Oc2ccc(-c3ccccc3)cc21. The minimum atomic E-state index is -0.218. The van der Waals surface area contributed by atoms with Crippen molar-refractivity contribution in [3.63, 3.8) is 0 Å². The van der Waals surface area contributed by atoms with Crippen molar-refractivity contribution in [2.24, 2.45) is 0 Å². The van der Waals surface area contributed by atoms with Gasteiger partial charge in [0.15, 0.2) is 0 Å². The summed E-state index contributed by atoms with van der Waals surface area (Å²) < 4.78 is 6.55. The van der Waals surface area contributed by atoms with Crippen LogP contribution >= 0.6 is 0 Å². The average Bonchev–Trinajstić information content (AvgIpc) is 3.24. The molecular weight excluding hydrogens is 370 g/mol. The molecule has 4 heteroatoms. The molecule has 1 spiro atoms. The maximum absolute atomic E-state index is 6.55. The number of para-hydroxylation sites is 2. The maximum Gasteiger partial charge on any atom is 0.203 e. The van der Waals surface area contributed by atoms with Gasteiger partial charge in [-0.1, -0.05) is 54.6 Å². The summed E-state index contributed by atoms with van der Waals surface area (Å²) in [5, 5.41) is 0. The minimum absolute atomic E-state index is 0.218. The molecule has 0 bridgehead atoms. The van der Waals surface area contributed by atoms with E-state index in [9.17, 15) is 0 Å². The number of hydrogen-bond acceptors (Lipinski definition) is 3. The Hall–Kier alpha value is -3.53. The number of anilines is 1. The average molecular weight is 393 g/mol. The van der Waals surface area contributed by atoms with Gasteiger partial charge in [-0.15, -0.1) is 0 Å². The van der Waals surface area contributed by atoms with E-state index in [1.54, 1.807) is 0 Å². The molecule has 1 saturated heterocycles. The van der Waals surface area contributed by atoms with Gasteiger partial charge in [-0.3, -0.25) is 0 Å². The lowest BCUT2D eigenvalue weighted by Crippen LogP contribution is -2.48. The van der Waals surface area contributed by atoms with Gasteiger partial charge in [0, 0.05) is 31.5 Å². The third kappa shape index (κ3) is 2.96. The molecule has 4 nitrogen and oxygen atoms in total. The summed E-state index contributed by atoms with van der Waals surface area (Å²) in [7, 11) is 0. The van der Waals surface area contributed by atoms with Crippen molar-refractivity contribution in [1.29, 1.82) is 0 Å². The Labute approximate surface area is 175 Å². The van der Waals surface area contributed by atoms with Crippen LogP contribution in [0.1, 0.15) is 18.4 Å². The van der Waals surface area contributed by atoms with Crippen molar-refractivity contribution in [2.45, 2.75) is 18.4 Å². The molecule has 0 aliphatic carbocycles. The van der Waals surface area contributed by atoms with E-state index in [-0.39, 0.29) is 5.60 Å². The lowest BCUT2D eigenvalue weighted by Gasteiger charge is -2.41. The van der Waals surface area contributed by atoms with Gasteiger partial charge in [0.1, 0.15) is 11.4 Å². The molecule has 0 amide bonds. The summed E-state index contributed by atoms with van der Waals surface area (Å²) in [6.45, 7) is 1.84. The molecule has 3 heterocycles. The molecule has 4 aromatic rings. The zero-order valence-electron chi connectivity index (χ0n) is 16.7. The molecule has 2 aliphatic rings. The van der Waals surface area contributed by atoms with E-state index in [0.29, 0.717) is 0 Å². The standard InChI is InChI=1S/C26H23N3O/c1-2-6-19(7-3-1)20-10-11-24-21(18-20)12-13-26(30-24)14-16-29(17-15-26)25-27-22-8-4-5-9-23(22)28-25/h1-13,18H,14-17H2,(H,27,28). The maximum atomic E-state index is 6.55. The second-order valence-corrected chi connectivity index (χ2v) is 8.18. The molecule has 148 valence electrons. The van der Waals surface area contributed by atoms with Gasteiger partial charge in [-0.05, 0) is 41.5 Å². The Morgan fingerprint density at radius 2 is 1.67 bits per heavy atom. The Morgan fingerprint density at radius 3 is 2.50 bits per heavy atom. The molecule has 0 saturated carbocycles. The van der Waals surface area contributed by atoms with E-state index in [1.807, 2.05) is 24.3 Å². The summed E-state index contributed by atoms with van der Waals surface area (Å²) in [5.74, 6) is 1.94. The lowest BCUT2D eigenvalue weighted by molar-refractivity contribution is 0.0890. The number of ether oxygens (including phenoxy) is 1. The van der Waals surface area contributed by atoms with Crippen LogP contribution in [0.25, 0.3) is 28.2 Å². The molecule has 30 heavy (non-hydrogen) atoms. The van der Waals surface area contributed by atoms with E-state index in [2.05, 4.69) is 70.6 Å². The number of nitrogens with one attached hydrogen (secondary N) is 1. The fraction of sp³-hybridized carbons (Fsp3) is 0.192. The van der Waals surface area contributed by atoms with Gasteiger partial charge in [0.05, 0.1) is 11.0 Å². The van der Waals surface area contributed by atoms with Gasteiger partial charge in [0.2, 0.25) is 5.95 Å². The summed E-state index contributed by atoms with van der Waals surface area (Å²) in [5.41, 5.74) is 5.49. The molecule has 1 fully saturated rings. The van der Waals surface area contributed by atoms with Gasteiger partial charge < -0.3 is 14.6 Å². The zero-order valence-corrected chi connectivity index (χ0v) is 16.7. The fourth-order valence-electron chi connectivity index (χ4n) is 4.53. The number of aromatic amines is 1. The normalized spacial score (nSPS) is 17.1. The second kappa shape index (κ2) is 6.77. The topological polar surface area (TPSA) is 41.2 Å². The van der Waals surface area contributed by atoms with Gasteiger partial charge >= 0.3 is 0 Å². The number of hydrogen-bond donors (Lipinski definition) is 1. The molecule has 3 aromatic carbocycles. The number of fused-ring (bicyclic) bond motifs is 2. The molecule has 1 aromatic heterocycles. The van der Waals surface area contributed by atoms with Gasteiger partial charge in [-0.2, -0.15) is 0 Å². The molecule has 0 unspecified atom stereocenters. The molecule has 1 N–H and O–H groups in total. The third-order valence-electron chi connectivity index (χ3n) is 6.28. The predicted octanol–water partition coefficient (Wildman–Crippen LogP) is 5.67. The van der Waals surface area contributed by atoms with Gasteiger partial charge in [-0.25, -0.2) is 4.98 Å². The number of piperidine rings is 1. The van der Waals surface area contributed by atoms with Crippen molar-refractivity contribution < 1.29 is 4.74 Å². The van der Waals surface area contributed by atoms with Crippen LogP contribution in [0.15, 0.2) is 78.9 Å². The fourth-order valence-corrected chi connectivity index (χ4v) is 4.53. The highest BCUT2D eigenvalue weighted by Crippen LogP contribution is 2.39. The Kier molecular flexibility index (Phi) is 3.91. The van der Waals surface area contributed by atoms with Crippen LogP contribution in [0.4, 0.5) is 5.95 Å². The summed E-state index contributed by atoms with van der Waals surface area (Å²) in [4.78, 5) is 10.5. The smallest absolute Gasteiger partial charge is 0.203 e. The van der Waals surface area contributed by atoms with Crippen molar-refractivity contribution in [1.82, 2.24) is 9.97 Å². The number of aromatic nitrogens is 2. The van der Waals surface area contributed by atoms with Crippen LogP contribution in [-0.4, -0.2) is 28.7 Å². The molecule has 0 atom stereocenters. The highest BCUT2D eigenvalue weighted by atomic mass is 16.5. The quantitative estimate of drug-likeness (QED) is 0.477. The number of rotatable bonds is 2. The van der Waals surface area contributed by atoms with Crippen LogP contribution < -0.4 is 9.64 Å². The van der Waals surface area contributed by atoms with E-state index >= 15 is 0 Å². The molecule has 2 aliphatic heterocycles. The monoisotopic (exact) mass is 393 g/mol. The number of nitrogens with zero attached hydrogens (tertiary/aromatic N) is 2. The first kappa shape index (κ1) is 17.3. The van der Waals surface area contributed by atoms with E-state index in [4.69, 9.17) is 9.72 Å². The highest BCUT2D eigenvalue weighted by molar-refractivity contribution is 5.77. The first-order valence-corrected chi connectivity index (χ1v) is 10.6. The van der Waals surface area contributed by atoms with Crippen LogP contribution in [0.5, 0.6) is 5.75 Å². The summed E-state index contributed by atoms with van der Waals surface area (Å²) >= 11 is 0. The van der Waals surface area contributed by atoms with Crippen LogP contribution in [-0.2, 0) is 0 Å². The first-order valence-electron chi connectivity index (χ1n) is 10.6. The van der Waals surface area contributed by atoms with Crippen molar-refractivity contribution >= 4 is 23.1 Å². The second-order valence-electron chi connectivity index (χ2n) is 8.18. The number of benzene rings is 3. The Morgan fingerprint density at radius 1 is 0.867 bits per heavy atom. The molecular formula is C26H23N3O. The van der Waals surface area contributed by atoms with Crippen LogP contribution in [0, 0.1) is 0 Å². The number of H-pyrrole nitrogens is 1. The van der Waals surface area contributed by atoms with Crippen molar-refractivity contribution in [2.75, 3.05) is 18.0 Å². The minimum Gasteiger partial charge on any atom is -0.482 e. The first-order chi connectivity index (χ1) is 14.8. The predicted molar refractivity (Wildman–Crippen MR) is 122 cm³/mol. The summed E-state index contributed by atoms with van der Waals surface area (Å²) in [6, 6.07) is 25.2. The highest BCUT2D eigenvalue weighted by Gasteiger charge is 2.37. The van der Waals surface area contributed by atoms with Crippen LogP contribution in [0.3, 0.4) is 0 Å². The van der Waals surface area contributed by atoms with Crippen LogP contribution in [0.2, 0.25) is 0 Å². The number of imidazole rings is 1. The van der Waals surface area contributed by atoms with E-state index in [0.717, 1.165) is 54.2 Å². The summed E-state index contributed by atoms with van der Waals surface area (Å²) in [6.07, 6.45) is 6.39. The van der Waals surface area contributed by atoms with E-state index < -0.39 is 0 Å². The van der Waals surface area contributed by atoms with E-state index in [1.165, 1.54) is 11.1 Å². The zero-order chi connectivity index (χ0) is 20.0. The largest absolute Gasteiger partial charge is 0.482 e.